The number of hydrogen-bond acceptors (Lipinski definition) is 5. The molecule has 1 atom stereocenters. The molecule has 1 unspecified atom stereocenters. The van der Waals surface area contributed by atoms with E-state index in [1.54, 1.807) is 4.90 Å². The molecule has 3 rings (SSSR count). The summed E-state index contributed by atoms with van der Waals surface area (Å²) in [6, 6.07) is 0. The normalized spacial score (nSPS) is 30.2. The van der Waals surface area contributed by atoms with Crippen molar-refractivity contribution in [2.24, 2.45) is 0 Å². The van der Waals surface area contributed by atoms with Crippen LogP contribution in [-0.4, -0.2) is 58.9 Å². The summed E-state index contributed by atoms with van der Waals surface area (Å²) in [5, 5.41) is 10.1. The fourth-order valence-electron chi connectivity index (χ4n) is 3.96. The molecule has 1 amide bonds. The predicted molar refractivity (Wildman–Crippen MR) is 79.4 cm³/mol. The Morgan fingerprint density at radius 1 is 1.18 bits per heavy atom. The maximum absolute atomic E-state index is 12.5. The number of carbonyl (C=O) groups excluding carboxylic acids is 1. The summed E-state index contributed by atoms with van der Waals surface area (Å²) < 4.78 is 17.1. The number of amides is 1. The lowest BCUT2D eigenvalue weighted by Crippen LogP contribution is -2.53. The second kappa shape index (κ2) is 5.35. The van der Waals surface area contributed by atoms with E-state index in [0.29, 0.717) is 26.2 Å². The molecule has 0 radical (unpaired) electrons. The van der Waals surface area contributed by atoms with Gasteiger partial charge in [0.15, 0.2) is 5.79 Å². The molecule has 1 aliphatic carbocycles. The van der Waals surface area contributed by atoms with Crippen LogP contribution in [0.1, 0.15) is 52.9 Å². The van der Waals surface area contributed by atoms with Crippen molar-refractivity contribution in [2.75, 3.05) is 19.8 Å². The van der Waals surface area contributed by atoms with Gasteiger partial charge in [-0.05, 0) is 40.0 Å². The first-order valence-electron chi connectivity index (χ1n) is 8.20. The van der Waals surface area contributed by atoms with Gasteiger partial charge in [-0.15, -0.1) is 0 Å². The Hall–Kier alpha value is -0.850. The molecule has 0 aromatic carbocycles. The zero-order valence-corrected chi connectivity index (χ0v) is 13.8. The molecular weight excluding hydrogens is 286 g/mol. The number of carbonyl (C=O) groups is 1. The van der Waals surface area contributed by atoms with Crippen molar-refractivity contribution < 1.29 is 24.1 Å². The first-order valence-corrected chi connectivity index (χ1v) is 8.20. The summed E-state index contributed by atoms with van der Waals surface area (Å²) in [5.74, 6) is -0.460. The highest BCUT2D eigenvalue weighted by molar-refractivity contribution is 5.70. The second-order valence-electron chi connectivity index (χ2n) is 7.78. The van der Waals surface area contributed by atoms with E-state index in [2.05, 4.69) is 0 Å². The SMILES string of the molecule is CC(C)(C)OC(=O)N1CC(O)CC12CCC1(CC2)OCCO1. The van der Waals surface area contributed by atoms with E-state index in [4.69, 9.17) is 14.2 Å². The predicted octanol–water partition coefficient (Wildman–Crippen LogP) is 2.04. The smallest absolute Gasteiger partial charge is 0.410 e. The van der Waals surface area contributed by atoms with Gasteiger partial charge in [0.05, 0.1) is 25.9 Å². The standard InChI is InChI=1S/C16H27NO5/c1-14(2,3)22-13(19)17-11-12(18)10-15(17)4-6-16(7-5-15)20-8-9-21-16/h12,18H,4-11H2,1-3H3. The molecule has 2 saturated heterocycles. The van der Waals surface area contributed by atoms with Crippen LogP contribution in [0.15, 0.2) is 0 Å². The molecule has 22 heavy (non-hydrogen) atoms. The first-order chi connectivity index (χ1) is 10.2. The zero-order chi connectivity index (χ0) is 16.0. The van der Waals surface area contributed by atoms with Crippen LogP contribution in [-0.2, 0) is 14.2 Å². The largest absolute Gasteiger partial charge is 0.444 e. The molecule has 3 aliphatic rings. The monoisotopic (exact) mass is 313 g/mol. The summed E-state index contributed by atoms with van der Waals surface area (Å²) >= 11 is 0. The van der Waals surface area contributed by atoms with Gasteiger partial charge in [0.25, 0.3) is 0 Å². The molecule has 2 heterocycles. The van der Waals surface area contributed by atoms with Gasteiger partial charge in [-0.3, -0.25) is 4.90 Å². The van der Waals surface area contributed by atoms with Gasteiger partial charge >= 0.3 is 6.09 Å². The summed E-state index contributed by atoms with van der Waals surface area (Å²) in [4.78, 5) is 14.3. The highest BCUT2D eigenvalue weighted by Gasteiger charge is 2.54. The van der Waals surface area contributed by atoms with Crippen LogP contribution < -0.4 is 0 Å². The molecule has 2 spiro atoms. The molecule has 6 nitrogen and oxygen atoms in total. The molecule has 0 bridgehead atoms. The molecule has 1 saturated carbocycles. The van der Waals surface area contributed by atoms with Crippen LogP contribution in [0.4, 0.5) is 4.79 Å². The minimum absolute atomic E-state index is 0.317. The lowest BCUT2D eigenvalue weighted by Gasteiger charge is -2.46. The van der Waals surface area contributed by atoms with E-state index in [0.717, 1.165) is 25.7 Å². The highest BCUT2D eigenvalue weighted by atomic mass is 16.7. The molecule has 0 aromatic rings. The maximum atomic E-state index is 12.5. The molecule has 126 valence electrons. The van der Waals surface area contributed by atoms with Crippen LogP contribution in [0.2, 0.25) is 0 Å². The Kier molecular flexibility index (Phi) is 3.90. The first kappa shape index (κ1) is 16.0. The van der Waals surface area contributed by atoms with Crippen molar-refractivity contribution in [1.29, 1.82) is 0 Å². The van der Waals surface area contributed by atoms with E-state index in [9.17, 15) is 9.90 Å². The summed E-state index contributed by atoms with van der Waals surface area (Å²) in [5.41, 5.74) is -0.846. The van der Waals surface area contributed by atoms with E-state index < -0.39 is 17.5 Å². The van der Waals surface area contributed by atoms with Crippen LogP contribution in [0.5, 0.6) is 0 Å². The van der Waals surface area contributed by atoms with Crippen molar-refractivity contribution in [3.8, 4) is 0 Å². The lowest BCUT2D eigenvalue weighted by atomic mass is 9.76. The lowest BCUT2D eigenvalue weighted by molar-refractivity contribution is -0.191. The van der Waals surface area contributed by atoms with Crippen LogP contribution >= 0.6 is 0 Å². The Morgan fingerprint density at radius 3 is 2.32 bits per heavy atom. The van der Waals surface area contributed by atoms with Crippen LogP contribution in [0, 0.1) is 0 Å². The Balaban J connectivity index is 1.72. The minimum atomic E-state index is -0.528. The summed E-state index contributed by atoms with van der Waals surface area (Å²) in [6.07, 6.45) is 2.90. The third-order valence-electron chi connectivity index (χ3n) is 4.95. The molecule has 3 fully saturated rings. The quantitative estimate of drug-likeness (QED) is 0.741. The number of hydrogen-bond donors (Lipinski definition) is 1. The molecular formula is C16H27NO5. The van der Waals surface area contributed by atoms with E-state index >= 15 is 0 Å². The molecule has 6 heteroatoms. The van der Waals surface area contributed by atoms with Crippen molar-refractivity contribution in [3.63, 3.8) is 0 Å². The third kappa shape index (κ3) is 2.96. The van der Waals surface area contributed by atoms with Gasteiger partial charge in [-0.25, -0.2) is 4.79 Å². The number of nitrogens with zero attached hydrogens (tertiary/aromatic N) is 1. The molecule has 2 aliphatic heterocycles. The minimum Gasteiger partial charge on any atom is -0.444 e. The average molecular weight is 313 g/mol. The van der Waals surface area contributed by atoms with Gasteiger partial charge in [-0.2, -0.15) is 0 Å². The van der Waals surface area contributed by atoms with Crippen molar-refractivity contribution in [3.05, 3.63) is 0 Å². The molecule has 0 aromatic heterocycles. The van der Waals surface area contributed by atoms with Gasteiger partial charge in [-0.1, -0.05) is 0 Å². The fraction of sp³-hybridized carbons (Fsp3) is 0.938. The number of rotatable bonds is 0. The van der Waals surface area contributed by atoms with Gasteiger partial charge in [0, 0.05) is 18.4 Å². The fourth-order valence-corrected chi connectivity index (χ4v) is 3.96. The van der Waals surface area contributed by atoms with E-state index in [-0.39, 0.29) is 11.6 Å². The van der Waals surface area contributed by atoms with Gasteiger partial charge in [0.1, 0.15) is 5.60 Å². The summed E-state index contributed by atoms with van der Waals surface area (Å²) in [6.45, 7) is 7.22. The third-order valence-corrected chi connectivity index (χ3v) is 4.95. The topological polar surface area (TPSA) is 68.2 Å². The van der Waals surface area contributed by atoms with E-state index in [1.165, 1.54) is 0 Å². The van der Waals surface area contributed by atoms with Gasteiger partial charge < -0.3 is 19.3 Å². The number of β-amino-alcohol motifs (C(OH)–C–C–N with tert-alkyl or cyclic N) is 1. The highest BCUT2D eigenvalue weighted by Crippen LogP contribution is 2.47. The Bertz CT molecular complexity index is 428. The van der Waals surface area contributed by atoms with Crippen LogP contribution in [0.25, 0.3) is 0 Å². The summed E-state index contributed by atoms with van der Waals surface area (Å²) in [7, 11) is 0. The Morgan fingerprint density at radius 2 is 1.77 bits per heavy atom. The number of likely N-dealkylation sites (tertiary alicyclic amines) is 1. The van der Waals surface area contributed by atoms with Crippen LogP contribution in [0.3, 0.4) is 0 Å². The average Bonchev–Trinajstić information content (AvgIpc) is 2.97. The van der Waals surface area contributed by atoms with E-state index in [1.807, 2.05) is 20.8 Å². The van der Waals surface area contributed by atoms with Crippen molar-refractivity contribution in [2.45, 2.75) is 75.9 Å². The Labute approximate surface area is 131 Å². The zero-order valence-electron chi connectivity index (χ0n) is 13.8. The van der Waals surface area contributed by atoms with Crippen molar-refractivity contribution in [1.82, 2.24) is 4.90 Å². The molecule has 1 N–H and O–H groups in total. The van der Waals surface area contributed by atoms with Gasteiger partial charge in [0.2, 0.25) is 0 Å². The number of aliphatic hydroxyl groups is 1. The number of aliphatic hydroxyl groups excluding tert-OH is 1. The van der Waals surface area contributed by atoms with Crippen molar-refractivity contribution >= 4 is 6.09 Å². The second-order valence-corrected chi connectivity index (χ2v) is 7.78. The maximum Gasteiger partial charge on any atom is 0.410 e. The number of ether oxygens (including phenoxy) is 3.